The van der Waals surface area contributed by atoms with E-state index in [-0.39, 0.29) is 22.1 Å². The maximum absolute atomic E-state index is 14.7. The Bertz CT molecular complexity index is 1960. The van der Waals surface area contributed by atoms with Crippen LogP contribution in [0.2, 0.25) is 36.3 Å². The van der Waals surface area contributed by atoms with Crippen molar-refractivity contribution in [1.82, 2.24) is 5.32 Å². The Balaban J connectivity index is 2.18. The number of primary amides is 1. The molecule has 3 N–H and O–H groups in total. The minimum Gasteiger partial charge on any atom is -0.488 e. The van der Waals surface area contributed by atoms with Crippen molar-refractivity contribution in [3.05, 3.63) is 114 Å². The second-order valence-electron chi connectivity index (χ2n) is 22.1. The van der Waals surface area contributed by atoms with Gasteiger partial charge in [0, 0.05) is 6.42 Å². The average Bonchev–Trinajstić information content (AvgIpc) is 3.15. The predicted molar refractivity (Wildman–Crippen MR) is 264 cm³/mol. The summed E-state index contributed by atoms with van der Waals surface area (Å²) in [5, 5.41) is 2.85. The van der Waals surface area contributed by atoms with E-state index in [1.807, 2.05) is 139 Å². The van der Waals surface area contributed by atoms with E-state index in [0.29, 0.717) is 19.3 Å². The molecule has 0 heterocycles. The lowest BCUT2D eigenvalue weighted by atomic mass is 9.92. The fraction of sp³-hybridized carbons (Fsp3) is 0.558. The molecule has 0 bridgehead atoms. The summed E-state index contributed by atoms with van der Waals surface area (Å²) in [5.74, 6) is -1.38. The zero-order valence-electron chi connectivity index (χ0n) is 41.8. The van der Waals surface area contributed by atoms with Crippen molar-refractivity contribution in [2.45, 2.75) is 181 Å². The normalized spacial score (nSPS) is 15.4. The van der Waals surface area contributed by atoms with Crippen LogP contribution in [0.1, 0.15) is 106 Å². The van der Waals surface area contributed by atoms with Crippen molar-refractivity contribution in [2.75, 3.05) is 0 Å². The van der Waals surface area contributed by atoms with Gasteiger partial charge in [0.25, 0.3) is 5.91 Å². The van der Waals surface area contributed by atoms with Crippen LogP contribution in [0.3, 0.4) is 0 Å². The molecule has 0 aromatic heterocycles. The van der Waals surface area contributed by atoms with Crippen LogP contribution in [-0.4, -0.2) is 70.2 Å². The second kappa shape index (κ2) is 22.3. The highest BCUT2D eigenvalue weighted by Gasteiger charge is 2.44. The van der Waals surface area contributed by atoms with E-state index in [1.54, 1.807) is 0 Å². The van der Waals surface area contributed by atoms with Gasteiger partial charge in [0.05, 0.1) is 24.2 Å². The number of hydrogen-bond acceptors (Lipinski definition) is 8. The predicted octanol–water partition coefficient (Wildman–Crippen LogP) is 11.5. The number of amides is 2. The van der Waals surface area contributed by atoms with Crippen LogP contribution in [0.25, 0.3) is 0 Å². The largest absolute Gasteiger partial charge is 0.488 e. The first-order valence-corrected chi connectivity index (χ1v) is 28.5. The fourth-order valence-corrected chi connectivity index (χ4v) is 9.11. The van der Waals surface area contributed by atoms with Crippen molar-refractivity contribution < 1.29 is 37.4 Å². The highest BCUT2D eigenvalue weighted by atomic mass is 28.4. The molecule has 5 unspecified atom stereocenters. The maximum Gasteiger partial charge on any atom is 0.407 e. The number of ether oxygens (including phenoxy) is 3. The second-order valence-corrected chi connectivity index (χ2v) is 31.6. The molecular weight excluding hydrogens is 837 g/mol. The summed E-state index contributed by atoms with van der Waals surface area (Å²) in [4.78, 5) is 41.1. The zero-order chi connectivity index (χ0) is 48.3. The number of carbonyl (C=O) groups is 3. The Kier molecular flexibility index (Phi) is 18.9. The molecule has 10 nitrogen and oxygen atoms in total. The number of alkyl carbamates (subject to hydrolysis) is 1. The molecule has 0 aliphatic carbocycles. The van der Waals surface area contributed by atoms with Gasteiger partial charge in [-0.2, -0.15) is 0 Å². The summed E-state index contributed by atoms with van der Waals surface area (Å²) in [6.07, 6.45) is 2.26. The Morgan fingerprint density at radius 3 is 1.59 bits per heavy atom. The Morgan fingerprint density at radius 2 is 1.12 bits per heavy atom. The molecule has 2 amide bonds. The average molecular weight is 917 g/mol. The molecule has 3 aromatic rings. The summed E-state index contributed by atoms with van der Waals surface area (Å²) in [6.45, 7) is 33.3. The lowest BCUT2D eigenvalue weighted by Crippen LogP contribution is -2.53. The first-order chi connectivity index (χ1) is 29.4. The lowest BCUT2D eigenvalue weighted by molar-refractivity contribution is -0.161. The first-order valence-electron chi connectivity index (χ1n) is 22.7. The summed E-state index contributed by atoms with van der Waals surface area (Å²) in [5.41, 5.74) is 7.54. The molecule has 3 aromatic carbocycles. The number of hydrogen-bond donors (Lipinski definition) is 2. The van der Waals surface area contributed by atoms with Crippen molar-refractivity contribution in [2.24, 2.45) is 11.7 Å². The Hall–Kier alpha value is -4.24. The number of rotatable bonds is 20. The molecule has 0 fully saturated rings. The fourth-order valence-electron chi connectivity index (χ4n) is 6.46. The highest BCUT2D eigenvalue weighted by Crippen LogP contribution is 2.40. The quantitative estimate of drug-likeness (QED) is 0.0650. The minimum absolute atomic E-state index is 0.146. The topological polar surface area (TPSA) is 135 Å². The third-order valence-electron chi connectivity index (χ3n) is 12.0. The number of benzene rings is 3. The van der Waals surface area contributed by atoms with Gasteiger partial charge in [0.15, 0.2) is 22.7 Å². The molecule has 64 heavy (non-hydrogen) atoms. The van der Waals surface area contributed by atoms with Crippen LogP contribution in [0, 0.1) is 5.92 Å². The summed E-state index contributed by atoms with van der Waals surface area (Å²) in [7, 11) is -5.02. The molecule has 0 saturated heterocycles. The van der Waals surface area contributed by atoms with E-state index in [4.69, 9.17) is 28.8 Å². The van der Waals surface area contributed by atoms with Crippen LogP contribution in [0.4, 0.5) is 4.79 Å². The van der Waals surface area contributed by atoms with Gasteiger partial charge in [-0.05, 0) is 126 Å². The van der Waals surface area contributed by atoms with Crippen LogP contribution >= 0.6 is 0 Å². The van der Waals surface area contributed by atoms with Crippen molar-refractivity contribution in [3.8, 4) is 5.75 Å². The van der Waals surface area contributed by atoms with Gasteiger partial charge >= 0.3 is 12.1 Å². The van der Waals surface area contributed by atoms with Crippen molar-refractivity contribution in [3.63, 3.8) is 0 Å². The minimum atomic E-state index is -2.55. The molecule has 0 radical (unpaired) electrons. The summed E-state index contributed by atoms with van der Waals surface area (Å²) in [6, 6.07) is 26.6. The molecule has 354 valence electrons. The SMILES string of the molecule is CC(C)(C)OC(=O)NC(Cc1ccc(OC(C)(C)C)cc1)C(CC=CC(O[Si](C)(C)C(C)(C)C)C(Cc1ccccc1)C(=O)OC(Cc1ccccc1)C(N)=O)O[Si](C)(C)C(C)(C)C. The third-order valence-corrected chi connectivity index (χ3v) is 21.0. The van der Waals surface area contributed by atoms with E-state index in [1.165, 1.54) is 0 Å². The third kappa shape index (κ3) is 18.0. The van der Waals surface area contributed by atoms with Gasteiger partial charge in [-0.3, -0.25) is 9.59 Å². The van der Waals surface area contributed by atoms with Gasteiger partial charge in [0.1, 0.15) is 17.0 Å². The molecule has 0 saturated carbocycles. The highest BCUT2D eigenvalue weighted by molar-refractivity contribution is 6.74. The van der Waals surface area contributed by atoms with Crippen molar-refractivity contribution in [1.29, 1.82) is 0 Å². The molecule has 3 rings (SSSR count). The number of nitrogens with one attached hydrogen (secondary N) is 1. The molecular formula is C52H80N2O8Si2. The maximum atomic E-state index is 14.7. The van der Waals surface area contributed by atoms with Crippen LogP contribution in [0.15, 0.2) is 97.1 Å². The van der Waals surface area contributed by atoms with E-state index in [2.05, 4.69) is 73.0 Å². The number of carbonyl (C=O) groups excluding carboxylic acids is 3. The van der Waals surface area contributed by atoms with E-state index >= 15 is 0 Å². The Morgan fingerprint density at radius 1 is 0.641 bits per heavy atom. The van der Waals surface area contributed by atoms with Gasteiger partial charge in [-0.15, -0.1) is 0 Å². The van der Waals surface area contributed by atoms with Crippen LogP contribution in [-0.2, 0) is 47.2 Å². The Labute approximate surface area is 387 Å². The standard InChI is InChI=1S/C52H80N2O8Si2/c1-49(2,3)59-40-32-30-39(31-33-40)35-42(54-48(57)60-50(4,5)6)44(62-64(15,16)52(10,11)12)29-23-28-43(61-63(13,14)51(7,8)9)41(34-37-24-19-17-20-25-37)47(56)58-45(46(53)55)36-38-26-21-18-22-27-38/h17-28,30-33,41-45H,29,34-36H2,1-16H3,(H2,53,55)(H,54,57). The molecule has 0 spiro atoms. The molecule has 0 aliphatic rings. The van der Waals surface area contributed by atoms with Gasteiger partial charge in [-0.25, -0.2) is 4.79 Å². The van der Waals surface area contributed by atoms with Crippen LogP contribution in [0.5, 0.6) is 5.75 Å². The van der Waals surface area contributed by atoms with Gasteiger partial charge < -0.3 is 34.1 Å². The lowest BCUT2D eigenvalue weighted by Gasteiger charge is -2.42. The van der Waals surface area contributed by atoms with E-state index < -0.39 is 70.5 Å². The van der Waals surface area contributed by atoms with Crippen LogP contribution < -0.4 is 15.8 Å². The van der Waals surface area contributed by atoms with Gasteiger partial charge in [-0.1, -0.05) is 126 Å². The summed E-state index contributed by atoms with van der Waals surface area (Å²) >= 11 is 0. The smallest absolute Gasteiger partial charge is 0.407 e. The number of nitrogens with two attached hydrogens (primary N) is 1. The monoisotopic (exact) mass is 917 g/mol. The first kappa shape index (κ1) is 54.1. The number of esters is 1. The van der Waals surface area contributed by atoms with Crippen molar-refractivity contribution >= 4 is 34.6 Å². The molecule has 0 aliphatic heterocycles. The zero-order valence-corrected chi connectivity index (χ0v) is 43.8. The van der Waals surface area contributed by atoms with E-state index in [9.17, 15) is 14.4 Å². The molecule has 12 heteroatoms. The van der Waals surface area contributed by atoms with E-state index in [0.717, 1.165) is 22.4 Å². The summed E-state index contributed by atoms with van der Waals surface area (Å²) < 4.78 is 32.5. The van der Waals surface area contributed by atoms with Gasteiger partial charge in [0.2, 0.25) is 0 Å². The molecule has 5 atom stereocenters.